The first kappa shape index (κ1) is 12.9. The average molecular weight is 261 g/mol. The predicted octanol–water partition coefficient (Wildman–Crippen LogP) is 0.709. The van der Waals surface area contributed by atoms with E-state index >= 15 is 0 Å². The zero-order chi connectivity index (χ0) is 13.1. The number of nitrogens with zero attached hydrogens (tertiary/aromatic N) is 2. The molecule has 0 amide bonds. The lowest BCUT2D eigenvalue weighted by Gasteiger charge is -2.36. The zero-order valence-electron chi connectivity index (χ0n) is 11.4. The number of fused-ring (bicyclic) bond motifs is 1. The van der Waals surface area contributed by atoms with Crippen LogP contribution < -0.4 is 10.6 Å². The van der Waals surface area contributed by atoms with E-state index in [1.165, 1.54) is 11.3 Å². The number of hydrogen-bond donors (Lipinski definition) is 1. The number of anilines is 1. The Kier molecular flexibility index (Phi) is 4.01. The summed E-state index contributed by atoms with van der Waals surface area (Å²) in [5.74, 6) is 0. The molecule has 0 saturated carbocycles. The van der Waals surface area contributed by atoms with Gasteiger partial charge in [-0.3, -0.25) is 4.90 Å². The second-order valence-electron chi connectivity index (χ2n) is 5.49. The summed E-state index contributed by atoms with van der Waals surface area (Å²) < 4.78 is 5.39. The zero-order valence-corrected chi connectivity index (χ0v) is 11.4. The van der Waals surface area contributed by atoms with Crippen molar-refractivity contribution in [2.45, 2.75) is 12.5 Å². The molecule has 2 aliphatic heterocycles. The summed E-state index contributed by atoms with van der Waals surface area (Å²) >= 11 is 0. The quantitative estimate of drug-likeness (QED) is 0.870. The molecule has 4 heteroatoms. The monoisotopic (exact) mass is 261 g/mol. The maximum atomic E-state index is 6.17. The van der Waals surface area contributed by atoms with Gasteiger partial charge in [-0.1, -0.05) is 18.2 Å². The molecule has 104 valence electrons. The van der Waals surface area contributed by atoms with Crippen LogP contribution in [0.25, 0.3) is 0 Å². The van der Waals surface area contributed by atoms with Crippen LogP contribution >= 0.6 is 0 Å². The minimum atomic E-state index is 0.264. The van der Waals surface area contributed by atoms with Crippen molar-refractivity contribution in [3.8, 4) is 0 Å². The van der Waals surface area contributed by atoms with E-state index in [1.807, 2.05) is 0 Å². The van der Waals surface area contributed by atoms with Crippen LogP contribution in [0.1, 0.15) is 5.56 Å². The highest BCUT2D eigenvalue weighted by molar-refractivity contribution is 5.56. The molecule has 1 aromatic carbocycles. The number of nitrogens with two attached hydrogens (primary N) is 1. The van der Waals surface area contributed by atoms with Crippen molar-refractivity contribution in [1.29, 1.82) is 0 Å². The summed E-state index contributed by atoms with van der Waals surface area (Å²) in [7, 11) is 0. The van der Waals surface area contributed by atoms with Crippen molar-refractivity contribution >= 4 is 5.69 Å². The molecule has 0 aromatic heterocycles. The van der Waals surface area contributed by atoms with Gasteiger partial charge in [0.05, 0.1) is 13.2 Å². The maximum Gasteiger partial charge on any atom is 0.0594 e. The van der Waals surface area contributed by atoms with Crippen LogP contribution in [0.4, 0.5) is 5.69 Å². The molecule has 0 bridgehead atoms. The van der Waals surface area contributed by atoms with Gasteiger partial charge in [0.25, 0.3) is 0 Å². The van der Waals surface area contributed by atoms with Gasteiger partial charge in [-0.15, -0.1) is 0 Å². The minimum Gasteiger partial charge on any atom is -0.379 e. The molecule has 0 spiro atoms. The van der Waals surface area contributed by atoms with Gasteiger partial charge in [0.2, 0.25) is 0 Å². The lowest BCUT2D eigenvalue weighted by molar-refractivity contribution is 0.0391. The Morgan fingerprint density at radius 3 is 2.79 bits per heavy atom. The fraction of sp³-hybridized carbons (Fsp3) is 0.600. The first-order valence-electron chi connectivity index (χ1n) is 7.21. The first-order chi connectivity index (χ1) is 9.33. The van der Waals surface area contributed by atoms with Gasteiger partial charge in [-0.2, -0.15) is 0 Å². The summed E-state index contributed by atoms with van der Waals surface area (Å²) in [5.41, 5.74) is 8.94. The molecule has 4 nitrogen and oxygen atoms in total. The molecular weight excluding hydrogens is 238 g/mol. The molecule has 1 aromatic rings. The maximum absolute atomic E-state index is 6.17. The Labute approximate surface area is 115 Å². The minimum absolute atomic E-state index is 0.264. The third-order valence-corrected chi connectivity index (χ3v) is 4.06. The Balaban J connectivity index is 1.64. The smallest absolute Gasteiger partial charge is 0.0594 e. The van der Waals surface area contributed by atoms with Crippen molar-refractivity contribution in [3.63, 3.8) is 0 Å². The Morgan fingerprint density at radius 2 is 1.95 bits per heavy atom. The van der Waals surface area contributed by atoms with E-state index in [2.05, 4.69) is 34.1 Å². The second-order valence-corrected chi connectivity index (χ2v) is 5.49. The standard InChI is InChI=1S/C15H23N3O/c16-14-11-13-3-1-2-4-15(13)18(12-14)6-5-17-7-9-19-10-8-17/h1-4,14H,5-12,16H2. The lowest BCUT2D eigenvalue weighted by Crippen LogP contribution is -2.47. The number of para-hydroxylation sites is 1. The second kappa shape index (κ2) is 5.90. The van der Waals surface area contributed by atoms with Crippen molar-refractivity contribution in [1.82, 2.24) is 4.90 Å². The van der Waals surface area contributed by atoms with Gasteiger partial charge < -0.3 is 15.4 Å². The van der Waals surface area contributed by atoms with E-state index in [4.69, 9.17) is 10.5 Å². The van der Waals surface area contributed by atoms with Crippen LogP contribution in [0.5, 0.6) is 0 Å². The van der Waals surface area contributed by atoms with Gasteiger partial charge in [-0.05, 0) is 18.1 Å². The highest BCUT2D eigenvalue weighted by Crippen LogP contribution is 2.25. The van der Waals surface area contributed by atoms with Gasteiger partial charge in [0, 0.05) is 44.5 Å². The Bertz CT molecular complexity index is 418. The predicted molar refractivity (Wildman–Crippen MR) is 77.6 cm³/mol. The molecular formula is C15H23N3O. The van der Waals surface area contributed by atoms with E-state index in [9.17, 15) is 0 Å². The molecule has 2 aliphatic rings. The number of benzene rings is 1. The van der Waals surface area contributed by atoms with Gasteiger partial charge in [0.1, 0.15) is 0 Å². The van der Waals surface area contributed by atoms with Gasteiger partial charge in [-0.25, -0.2) is 0 Å². The largest absolute Gasteiger partial charge is 0.379 e. The number of rotatable bonds is 3. The molecule has 3 rings (SSSR count). The molecule has 1 unspecified atom stereocenters. The highest BCUT2D eigenvalue weighted by atomic mass is 16.5. The van der Waals surface area contributed by atoms with Crippen LogP contribution in [0, 0.1) is 0 Å². The summed E-state index contributed by atoms with van der Waals surface area (Å²) in [6.45, 7) is 6.99. The van der Waals surface area contributed by atoms with E-state index in [-0.39, 0.29) is 6.04 Å². The van der Waals surface area contributed by atoms with Gasteiger partial charge >= 0.3 is 0 Å². The molecule has 2 N–H and O–H groups in total. The number of hydrogen-bond acceptors (Lipinski definition) is 4. The molecule has 0 aliphatic carbocycles. The van der Waals surface area contributed by atoms with Gasteiger partial charge in [0.15, 0.2) is 0 Å². The Hall–Kier alpha value is -1.10. The van der Waals surface area contributed by atoms with Crippen molar-refractivity contribution in [2.24, 2.45) is 5.73 Å². The lowest BCUT2D eigenvalue weighted by atomic mass is 9.98. The third kappa shape index (κ3) is 3.08. The van der Waals surface area contributed by atoms with Crippen molar-refractivity contribution in [2.75, 3.05) is 50.8 Å². The van der Waals surface area contributed by atoms with E-state index < -0.39 is 0 Å². The van der Waals surface area contributed by atoms with Crippen molar-refractivity contribution < 1.29 is 4.74 Å². The third-order valence-electron chi connectivity index (χ3n) is 4.06. The van der Waals surface area contributed by atoms with E-state index in [0.29, 0.717) is 0 Å². The van der Waals surface area contributed by atoms with E-state index in [1.54, 1.807) is 0 Å². The Morgan fingerprint density at radius 1 is 1.16 bits per heavy atom. The SMILES string of the molecule is NC1Cc2ccccc2N(CCN2CCOCC2)C1. The summed E-state index contributed by atoms with van der Waals surface area (Å²) in [6, 6.07) is 8.92. The summed E-state index contributed by atoms with van der Waals surface area (Å²) in [4.78, 5) is 4.92. The van der Waals surface area contributed by atoms with Crippen LogP contribution in [0.2, 0.25) is 0 Å². The number of morpholine rings is 1. The molecule has 19 heavy (non-hydrogen) atoms. The normalized spacial score (nSPS) is 24.3. The topological polar surface area (TPSA) is 41.7 Å². The van der Waals surface area contributed by atoms with E-state index in [0.717, 1.165) is 52.4 Å². The number of ether oxygens (including phenoxy) is 1. The molecule has 2 heterocycles. The van der Waals surface area contributed by atoms with Crippen LogP contribution in [0.15, 0.2) is 24.3 Å². The summed E-state index contributed by atoms with van der Waals surface area (Å²) in [6.07, 6.45) is 1.00. The fourth-order valence-electron chi connectivity index (χ4n) is 3.02. The van der Waals surface area contributed by atoms with Crippen LogP contribution in [-0.4, -0.2) is 56.9 Å². The molecule has 1 atom stereocenters. The van der Waals surface area contributed by atoms with Crippen LogP contribution in [0.3, 0.4) is 0 Å². The molecule has 0 radical (unpaired) electrons. The highest BCUT2D eigenvalue weighted by Gasteiger charge is 2.22. The summed E-state index contributed by atoms with van der Waals surface area (Å²) in [5, 5.41) is 0. The fourth-order valence-corrected chi connectivity index (χ4v) is 3.02. The molecule has 1 fully saturated rings. The molecule has 1 saturated heterocycles. The average Bonchev–Trinajstić information content (AvgIpc) is 2.45. The van der Waals surface area contributed by atoms with Crippen molar-refractivity contribution in [3.05, 3.63) is 29.8 Å². The van der Waals surface area contributed by atoms with Crippen LogP contribution in [-0.2, 0) is 11.2 Å². The first-order valence-corrected chi connectivity index (χ1v) is 7.21.